The maximum absolute atomic E-state index is 10.1. The fourth-order valence-corrected chi connectivity index (χ4v) is 3.80. The molecule has 8 heteroatoms. The molecule has 0 unspecified atom stereocenters. The molecule has 1 N–H and O–H groups in total. The summed E-state index contributed by atoms with van der Waals surface area (Å²) in [6, 6.07) is 16.3. The van der Waals surface area contributed by atoms with Crippen LogP contribution in [-0.4, -0.2) is 16.5 Å². The molecule has 0 amide bonds. The zero-order chi connectivity index (χ0) is 17.5. The van der Waals surface area contributed by atoms with E-state index < -0.39 is 4.92 Å². The number of hydrogen-bond acceptors (Lipinski definition) is 6. The molecule has 0 atom stereocenters. The molecule has 0 aliphatic rings. The van der Waals surface area contributed by atoms with Crippen LogP contribution in [0, 0.1) is 22.4 Å². The number of aryl methyl sites for hydroxylation is 1. The van der Waals surface area contributed by atoms with E-state index >= 15 is 0 Å². The number of nitrogens with one attached hydrogen (secondary N) is 1. The Labute approximate surface area is 146 Å². The molecule has 124 valence electrons. The Morgan fingerprint density at radius 2 is 1.71 bits per heavy atom. The van der Waals surface area contributed by atoms with Gasteiger partial charge in [-0.3, -0.25) is 25.1 Å². The molecule has 0 spiro atoms. The third-order valence-corrected chi connectivity index (χ3v) is 5.15. The molecule has 3 rings (SSSR count). The number of benzene rings is 2. The molecule has 1 heterocycles. The molecule has 0 radical (unpaired) electrons. The lowest BCUT2D eigenvalue weighted by Crippen LogP contribution is -2.22. The van der Waals surface area contributed by atoms with E-state index in [1.165, 1.54) is 32.8 Å². The van der Waals surface area contributed by atoms with Crippen LogP contribution in [-0.2, 0) is 0 Å². The van der Waals surface area contributed by atoms with E-state index in [-0.39, 0.29) is 5.69 Å². The van der Waals surface area contributed by atoms with E-state index in [1.54, 1.807) is 19.2 Å². The Balaban J connectivity index is 0.000000185. The van der Waals surface area contributed by atoms with Crippen molar-refractivity contribution in [2.24, 2.45) is 4.99 Å². The molecule has 2 aromatic carbocycles. The topological polar surface area (TPSA) is 84.3 Å². The second-order valence-electron chi connectivity index (χ2n) is 4.74. The van der Waals surface area contributed by atoms with Crippen LogP contribution >= 0.6 is 20.7 Å². The first-order valence-corrected chi connectivity index (χ1v) is 9.14. The second-order valence-corrected chi connectivity index (χ2v) is 6.83. The van der Waals surface area contributed by atoms with Crippen molar-refractivity contribution in [3.8, 4) is 5.69 Å². The van der Waals surface area contributed by atoms with Crippen LogP contribution in [0.2, 0.25) is 0 Å². The summed E-state index contributed by atoms with van der Waals surface area (Å²) in [4.78, 5) is 15.2. The van der Waals surface area contributed by atoms with E-state index in [0.29, 0.717) is 4.80 Å². The summed E-state index contributed by atoms with van der Waals surface area (Å²) in [6.45, 7) is 1.89. The average Bonchev–Trinajstić information content (AvgIpc) is 2.97. The van der Waals surface area contributed by atoms with Crippen molar-refractivity contribution in [1.29, 1.82) is 5.41 Å². The highest BCUT2D eigenvalue weighted by Gasteiger charge is 2.01. The zero-order valence-corrected chi connectivity index (χ0v) is 14.8. The van der Waals surface area contributed by atoms with Gasteiger partial charge in [-0.25, -0.2) is 0 Å². The van der Waals surface area contributed by atoms with Gasteiger partial charge in [0.25, 0.3) is 5.69 Å². The minimum Gasteiger partial charge on any atom is -0.274 e. The molecule has 24 heavy (non-hydrogen) atoms. The lowest BCUT2D eigenvalue weighted by Gasteiger charge is -1.99. The molecule has 1 aromatic heterocycles. The summed E-state index contributed by atoms with van der Waals surface area (Å²) < 4.78 is 1.84. The number of para-hydroxylation sites is 1. The minimum atomic E-state index is -0.403. The van der Waals surface area contributed by atoms with Crippen LogP contribution in [0.3, 0.4) is 0 Å². The van der Waals surface area contributed by atoms with Crippen molar-refractivity contribution < 1.29 is 4.92 Å². The maximum Gasteiger partial charge on any atom is 0.269 e. The Bertz CT molecular complexity index is 925. The van der Waals surface area contributed by atoms with E-state index in [0.717, 1.165) is 16.1 Å². The zero-order valence-electron chi connectivity index (χ0n) is 13.2. The summed E-state index contributed by atoms with van der Waals surface area (Å²) >= 11 is 0. The van der Waals surface area contributed by atoms with Crippen molar-refractivity contribution in [1.82, 2.24) is 4.57 Å². The Morgan fingerprint density at radius 3 is 2.25 bits per heavy atom. The third kappa shape index (κ3) is 4.46. The van der Waals surface area contributed by atoms with Crippen LogP contribution < -0.4 is 9.60 Å². The highest BCUT2D eigenvalue weighted by Crippen LogP contribution is 2.10. The summed E-state index contributed by atoms with van der Waals surface area (Å²) in [6.07, 6.45) is 0. The molecule has 3 aromatic rings. The number of aromatic nitrogens is 1. The summed E-state index contributed by atoms with van der Waals surface area (Å²) in [5.41, 5.74) is 2.17. The highest BCUT2D eigenvalue weighted by molar-refractivity contribution is 7.67. The van der Waals surface area contributed by atoms with Gasteiger partial charge < -0.3 is 0 Å². The molecule has 0 bridgehead atoms. The monoisotopic (exact) mass is 360 g/mol. The Morgan fingerprint density at radius 1 is 1.08 bits per heavy atom. The number of rotatable bonds is 2. The van der Waals surface area contributed by atoms with Gasteiger partial charge >= 0.3 is 0 Å². The quantitative estimate of drug-likeness (QED) is 0.431. The predicted molar refractivity (Wildman–Crippen MR) is 96.7 cm³/mol. The number of nitro benzene ring substituents is 1. The first kappa shape index (κ1) is 17.8. The molecular weight excluding hydrogens is 344 g/mol. The van der Waals surface area contributed by atoms with Gasteiger partial charge in [0.05, 0.1) is 10.6 Å². The fraction of sp³-hybridized carbons (Fsp3) is 0.125. The fourth-order valence-electron chi connectivity index (χ4n) is 1.85. The van der Waals surface area contributed by atoms with E-state index in [4.69, 9.17) is 5.41 Å². The number of hydrogen-bond donors (Lipinski definition) is 1. The van der Waals surface area contributed by atoms with Crippen LogP contribution in [0.25, 0.3) is 5.69 Å². The third-order valence-electron chi connectivity index (χ3n) is 3.04. The largest absolute Gasteiger partial charge is 0.274 e. The van der Waals surface area contributed by atoms with E-state index in [1.807, 2.05) is 41.8 Å². The maximum atomic E-state index is 10.1. The molecule has 0 aliphatic heterocycles. The number of nitrogens with zero attached hydrogens (tertiary/aromatic N) is 3. The van der Waals surface area contributed by atoms with Crippen molar-refractivity contribution in [2.75, 3.05) is 7.05 Å². The first-order valence-electron chi connectivity index (χ1n) is 6.99. The Hall–Kier alpha value is -2.58. The average molecular weight is 360 g/mol. The first-order chi connectivity index (χ1) is 11.5. The number of nitro groups is 1. The van der Waals surface area contributed by atoms with Gasteiger partial charge in [-0.2, -0.15) is 0 Å². The van der Waals surface area contributed by atoms with Crippen molar-refractivity contribution in [2.45, 2.75) is 6.92 Å². The molecule has 0 fully saturated rings. The van der Waals surface area contributed by atoms with Crippen molar-refractivity contribution >= 4 is 26.4 Å². The lowest BCUT2D eigenvalue weighted by molar-refractivity contribution is -0.384. The highest BCUT2D eigenvalue weighted by atomic mass is 32.9. The van der Waals surface area contributed by atoms with Gasteiger partial charge in [-0.05, 0) is 39.7 Å². The SMILES string of the molecule is CN=c1ssc(=N)n1-c1ccccc1.Cc1ccc([N+](=O)[O-])cc1. The normalized spacial score (nSPS) is 10.8. The predicted octanol–water partition coefficient (Wildman–Crippen LogP) is 3.51. The van der Waals surface area contributed by atoms with Gasteiger partial charge in [-0.15, -0.1) is 0 Å². The smallest absolute Gasteiger partial charge is 0.269 e. The van der Waals surface area contributed by atoms with E-state index in [9.17, 15) is 10.1 Å². The minimum absolute atomic E-state index is 0.144. The lowest BCUT2D eigenvalue weighted by atomic mass is 10.2. The molecule has 0 saturated carbocycles. The second kappa shape index (κ2) is 8.32. The van der Waals surface area contributed by atoms with Gasteiger partial charge in [-0.1, -0.05) is 35.9 Å². The van der Waals surface area contributed by atoms with Gasteiger partial charge in [0.15, 0.2) is 4.80 Å². The number of non-ortho nitro benzene ring substituents is 1. The molecule has 6 nitrogen and oxygen atoms in total. The van der Waals surface area contributed by atoms with Crippen LogP contribution in [0.1, 0.15) is 5.56 Å². The van der Waals surface area contributed by atoms with Crippen molar-refractivity contribution in [3.63, 3.8) is 0 Å². The standard InChI is InChI=1S/C9H9N3S2.C7H7NO2/c1-11-9-12(8(10)13-14-9)7-5-3-2-4-6-7;1-6-2-4-7(5-3-6)8(9)10/h2-6,10H,1H3;2-5H,1H3. The van der Waals surface area contributed by atoms with Crippen LogP contribution in [0.4, 0.5) is 5.69 Å². The molecule has 0 aliphatic carbocycles. The van der Waals surface area contributed by atoms with Crippen LogP contribution in [0.15, 0.2) is 59.6 Å². The van der Waals surface area contributed by atoms with Crippen LogP contribution in [0.5, 0.6) is 0 Å². The molecular formula is C16H16N4O2S2. The summed E-state index contributed by atoms with van der Waals surface area (Å²) in [5.74, 6) is 0. The summed E-state index contributed by atoms with van der Waals surface area (Å²) in [7, 11) is 4.70. The molecule has 0 saturated heterocycles. The van der Waals surface area contributed by atoms with Gasteiger partial charge in [0.2, 0.25) is 4.80 Å². The Kier molecular flexibility index (Phi) is 6.16. The van der Waals surface area contributed by atoms with E-state index in [2.05, 4.69) is 4.99 Å². The summed E-state index contributed by atoms with van der Waals surface area (Å²) in [5, 5.41) is 17.9. The van der Waals surface area contributed by atoms with Gasteiger partial charge in [0, 0.05) is 19.2 Å². The van der Waals surface area contributed by atoms with Crippen molar-refractivity contribution in [3.05, 3.63) is 79.9 Å². The van der Waals surface area contributed by atoms with Gasteiger partial charge in [0.1, 0.15) is 0 Å².